The Bertz CT molecular complexity index is 765. The Kier molecular flexibility index (Phi) is 5.25. The molecule has 0 aliphatic rings. The van der Waals surface area contributed by atoms with Crippen LogP contribution in [-0.2, 0) is 13.1 Å². The van der Waals surface area contributed by atoms with E-state index >= 15 is 0 Å². The Balaban J connectivity index is 1.67. The monoisotopic (exact) mass is 307 g/mol. The third-order valence-corrected chi connectivity index (χ3v) is 3.83. The molecule has 0 amide bonds. The van der Waals surface area contributed by atoms with Crippen LogP contribution in [0.15, 0.2) is 66.7 Å². The average molecular weight is 307 g/mol. The minimum absolute atomic E-state index is 0.0256. The number of hydrogen-bond acceptors (Lipinski definition) is 3. The van der Waals surface area contributed by atoms with Crippen LogP contribution in [0.25, 0.3) is 10.8 Å². The minimum Gasteiger partial charge on any atom is -0.491 e. The first-order valence-electron chi connectivity index (χ1n) is 7.87. The summed E-state index contributed by atoms with van der Waals surface area (Å²) in [5.41, 5.74) is 2.39. The second-order valence-corrected chi connectivity index (χ2v) is 5.42. The summed E-state index contributed by atoms with van der Waals surface area (Å²) in [5.74, 6) is 0.826. The molecular formula is C20H21NO2. The van der Waals surface area contributed by atoms with Gasteiger partial charge in [0.15, 0.2) is 0 Å². The van der Waals surface area contributed by atoms with Crippen LogP contribution in [-0.4, -0.2) is 18.3 Å². The maximum atomic E-state index is 8.90. The summed E-state index contributed by atoms with van der Waals surface area (Å²) < 4.78 is 5.57. The van der Waals surface area contributed by atoms with Crippen LogP contribution in [0.3, 0.4) is 0 Å². The molecule has 3 rings (SSSR count). The van der Waals surface area contributed by atoms with Crippen molar-refractivity contribution in [3.63, 3.8) is 0 Å². The van der Waals surface area contributed by atoms with Gasteiger partial charge in [0.1, 0.15) is 12.4 Å². The zero-order chi connectivity index (χ0) is 15.9. The van der Waals surface area contributed by atoms with Crippen molar-refractivity contribution in [3.8, 4) is 5.75 Å². The predicted octanol–water partition coefficient (Wildman–Crippen LogP) is 3.50. The number of ether oxygens (including phenoxy) is 1. The summed E-state index contributed by atoms with van der Waals surface area (Å²) in [5, 5.41) is 14.9. The third kappa shape index (κ3) is 3.89. The van der Waals surface area contributed by atoms with Crippen LogP contribution in [0.4, 0.5) is 0 Å². The Morgan fingerprint density at radius 2 is 1.48 bits per heavy atom. The van der Waals surface area contributed by atoms with Gasteiger partial charge in [-0.1, -0.05) is 60.7 Å². The van der Waals surface area contributed by atoms with Gasteiger partial charge in [0.05, 0.1) is 6.61 Å². The second kappa shape index (κ2) is 7.77. The van der Waals surface area contributed by atoms with E-state index in [9.17, 15) is 0 Å². The topological polar surface area (TPSA) is 41.5 Å². The molecule has 0 spiro atoms. The van der Waals surface area contributed by atoms with Gasteiger partial charge in [0.25, 0.3) is 0 Å². The lowest BCUT2D eigenvalue weighted by atomic mass is 10.0. The number of fused-ring (bicyclic) bond motifs is 1. The molecule has 0 bridgehead atoms. The molecule has 23 heavy (non-hydrogen) atoms. The van der Waals surface area contributed by atoms with E-state index in [4.69, 9.17) is 9.84 Å². The molecule has 3 aromatic rings. The fourth-order valence-electron chi connectivity index (χ4n) is 2.72. The lowest BCUT2D eigenvalue weighted by molar-refractivity contribution is 0.200. The standard InChI is InChI=1S/C20H21NO2/c22-12-13-23-20-11-4-2-7-18(20)15-21-14-17-9-5-8-16-6-1-3-10-19(16)17/h1-11,21-22H,12-15H2. The molecule has 0 radical (unpaired) electrons. The van der Waals surface area contributed by atoms with E-state index in [1.165, 1.54) is 16.3 Å². The number of para-hydroxylation sites is 1. The van der Waals surface area contributed by atoms with Gasteiger partial charge in [-0.2, -0.15) is 0 Å². The average Bonchev–Trinajstić information content (AvgIpc) is 2.61. The first-order valence-corrected chi connectivity index (χ1v) is 7.87. The van der Waals surface area contributed by atoms with Crippen molar-refractivity contribution < 1.29 is 9.84 Å². The summed E-state index contributed by atoms with van der Waals surface area (Å²) in [6.07, 6.45) is 0. The summed E-state index contributed by atoms with van der Waals surface area (Å²) >= 11 is 0. The molecule has 3 heteroatoms. The van der Waals surface area contributed by atoms with Crippen LogP contribution in [0.1, 0.15) is 11.1 Å². The first-order chi connectivity index (χ1) is 11.4. The molecule has 3 nitrogen and oxygen atoms in total. The normalized spacial score (nSPS) is 10.8. The molecule has 2 N–H and O–H groups in total. The number of hydrogen-bond donors (Lipinski definition) is 2. The van der Waals surface area contributed by atoms with Crippen LogP contribution < -0.4 is 10.1 Å². The van der Waals surface area contributed by atoms with Gasteiger partial charge in [0, 0.05) is 18.7 Å². The predicted molar refractivity (Wildman–Crippen MR) is 93.5 cm³/mol. The summed E-state index contributed by atoms with van der Waals surface area (Å²) in [6, 6.07) is 22.7. The maximum absolute atomic E-state index is 8.90. The van der Waals surface area contributed by atoms with E-state index in [2.05, 4.69) is 47.8 Å². The lowest BCUT2D eigenvalue weighted by Gasteiger charge is -2.12. The molecule has 0 aromatic heterocycles. The molecule has 0 aliphatic heterocycles. The van der Waals surface area contributed by atoms with Crippen molar-refractivity contribution in [1.82, 2.24) is 5.32 Å². The smallest absolute Gasteiger partial charge is 0.123 e. The summed E-state index contributed by atoms with van der Waals surface area (Å²) in [4.78, 5) is 0. The molecule has 0 saturated carbocycles. The molecular weight excluding hydrogens is 286 g/mol. The van der Waals surface area contributed by atoms with Crippen LogP contribution in [0.2, 0.25) is 0 Å². The van der Waals surface area contributed by atoms with Crippen molar-refractivity contribution in [3.05, 3.63) is 77.9 Å². The maximum Gasteiger partial charge on any atom is 0.123 e. The van der Waals surface area contributed by atoms with Gasteiger partial charge in [-0.25, -0.2) is 0 Å². The van der Waals surface area contributed by atoms with Crippen molar-refractivity contribution >= 4 is 10.8 Å². The lowest BCUT2D eigenvalue weighted by Crippen LogP contribution is -2.14. The van der Waals surface area contributed by atoms with E-state index in [0.29, 0.717) is 6.61 Å². The van der Waals surface area contributed by atoms with E-state index in [1.54, 1.807) is 0 Å². The van der Waals surface area contributed by atoms with Crippen molar-refractivity contribution in [2.24, 2.45) is 0 Å². The first kappa shape index (κ1) is 15.5. The SMILES string of the molecule is OCCOc1ccccc1CNCc1cccc2ccccc12. The highest BCUT2D eigenvalue weighted by atomic mass is 16.5. The molecule has 0 heterocycles. The van der Waals surface area contributed by atoms with E-state index in [-0.39, 0.29) is 6.61 Å². The van der Waals surface area contributed by atoms with E-state index in [1.807, 2.05) is 24.3 Å². The fraction of sp³-hybridized carbons (Fsp3) is 0.200. The van der Waals surface area contributed by atoms with Crippen molar-refractivity contribution in [2.45, 2.75) is 13.1 Å². The van der Waals surface area contributed by atoms with Crippen molar-refractivity contribution in [2.75, 3.05) is 13.2 Å². The van der Waals surface area contributed by atoms with Gasteiger partial charge < -0.3 is 15.2 Å². The van der Waals surface area contributed by atoms with Gasteiger partial charge in [-0.15, -0.1) is 0 Å². The minimum atomic E-state index is 0.0256. The third-order valence-electron chi connectivity index (χ3n) is 3.83. The van der Waals surface area contributed by atoms with Crippen molar-refractivity contribution in [1.29, 1.82) is 0 Å². The Morgan fingerprint density at radius 3 is 2.39 bits per heavy atom. The fourth-order valence-corrected chi connectivity index (χ4v) is 2.72. The number of aliphatic hydroxyl groups is 1. The largest absolute Gasteiger partial charge is 0.491 e. The van der Waals surface area contributed by atoms with Crippen LogP contribution >= 0.6 is 0 Å². The Morgan fingerprint density at radius 1 is 0.783 bits per heavy atom. The molecule has 0 aliphatic carbocycles. The zero-order valence-corrected chi connectivity index (χ0v) is 13.0. The van der Waals surface area contributed by atoms with Gasteiger partial charge in [-0.05, 0) is 22.4 Å². The molecule has 0 atom stereocenters. The Labute approximate surface area is 136 Å². The summed E-state index contributed by atoms with van der Waals surface area (Å²) in [6.45, 7) is 1.87. The molecule has 0 unspecified atom stereocenters. The van der Waals surface area contributed by atoms with Crippen LogP contribution in [0, 0.1) is 0 Å². The zero-order valence-electron chi connectivity index (χ0n) is 13.0. The van der Waals surface area contributed by atoms with E-state index in [0.717, 1.165) is 24.4 Å². The highest BCUT2D eigenvalue weighted by molar-refractivity contribution is 5.85. The molecule has 3 aromatic carbocycles. The highest BCUT2D eigenvalue weighted by Gasteiger charge is 2.04. The van der Waals surface area contributed by atoms with E-state index < -0.39 is 0 Å². The number of rotatable bonds is 7. The molecule has 0 fully saturated rings. The van der Waals surface area contributed by atoms with Crippen LogP contribution in [0.5, 0.6) is 5.75 Å². The molecule has 118 valence electrons. The Hall–Kier alpha value is -2.36. The molecule has 0 saturated heterocycles. The highest BCUT2D eigenvalue weighted by Crippen LogP contribution is 2.20. The second-order valence-electron chi connectivity index (χ2n) is 5.42. The number of benzene rings is 3. The van der Waals surface area contributed by atoms with Gasteiger partial charge >= 0.3 is 0 Å². The van der Waals surface area contributed by atoms with Gasteiger partial charge in [-0.3, -0.25) is 0 Å². The number of aliphatic hydroxyl groups excluding tert-OH is 1. The summed E-state index contributed by atoms with van der Waals surface area (Å²) in [7, 11) is 0. The number of nitrogens with one attached hydrogen (secondary N) is 1. The van der Waals surface area contributed by atoms with Gasteiger partial charge in [0.2, 0.25) is 0 Å². The quantitative estimate of drug-likeness (QED) is 0.702.